The van der Waals surface area contributed by atoms with Gasteiger partial charge in [0.15, 0.2) is 11.4 Å². The lowest BCUT2D eigenvalue weighted by Gasteiger charge is -2.22. The van der Waals surface area contributed by atoms with E-state index in [0.29, 0.717) is 16.8 Å². The predicted molar refractivity (Wildman–Crippen MR) is 130 cm³/mol. The van der Waals surface area contributed by atoms with Crippen molar-refractivity contribution in [3.8, 4) is 17.2 Å². The molecule has 11 heteroatoms. The van der Waals surface area contributed by atoms with Crippen LogP contribution in [-0.2, 0) is 4.79 Å². The van der Waals surface area contributed by atoms with Gasteiger partial charge in [-0.2, -0.15) is 0 Å². The van der Waals surface area contributed by atoms with E-state index in [-0.39, 0.29) is 27.5 Å². The molecule has 0 unspecified atom stereocenters. The van der Waals surface area contributed by atoms with Crippen LogP contribution in [0.1, 0.15) is 35.5 Å². The second-order valence-electron chi connectivity index (χ2n) is 8.64. The van der Waals surface area contributed by atoms with Crippen LogP contribution in [0.5, 0.6) is 11.5 Å². The maximum atomic E-state index is 13.5. The number of carboxylic acid groups (broad SMARTS) is 1. The molecule has 0 saturated carbocycles. The van der Waals surface area contributed by atoms with Gasteiger partial charge in [0.1, 0.15) is 16.7 Å². The van der Waals surface area contributed by atoms with E-state index >= 15 is 0 Å². The minimum Gasteiger partial charge on any atom is -0.478 e. The van der Waals surface area contributed by atoms with Crippen LogP contribution in [0, 0.1) is 6.92 Å². The number of carbonyl (C=O) groups is 2. The Hall–Kier alpha value is -4.05. The molecule has 0 aliphatic rings. The monoisotopic (exact) mass is 532 g/mol. The number of pyridine rings is 1. The van der Waals surface area contributed by atoms with Gasteiger partial charge in [-0.15, -0.1) is 13.2 Å². The SMILES string of the molecule is Cc1c(C(=O)c2ccc(Cl)nc2)c2ccc(OC(F)(F)F)cc2n1-c1cccc(OC(C)(C)C(=O)O)c1. The van der Waals surface area contributed by atoms with Gasteiger partial charge in [-0.05, 0) is 57.2 Å². The van der Waals surface area contributed by atoms with E-state index in [1.165, 1.54) is 50.4 Å². The molecular formula is C26H20ClF3N2O5. The minimum absolute atomic E-state index is 0.200. The van der Waals surface area contributed by atoms with Gasteiger partial charge in [-0.25, -0.2) is 9.78 Å². The highest BCUT2D eigenvalue weighted by Gasteiger charge is 2.32. The van der Waals surface area contributed by atoms with Crippen molar-refractivity contribution in [3.63, 3.8) is 0 Å². The molecule has 0 amide bonds. The first-order chi connectivity index (χ1) is 17.3. The molecule has 0 bridgehead atoms. The highest BCUT2D eigenvalue weighted by Crippen LogP contribution is 2.36. The Balaban J connectivity index is 1.92. The van der Waals surface area contributed by atoms with Crippen molar-refractivity contribution in [1.82, 2.24) is 9.55 Å². The average molecular weight is 533 g/mol. The van der Waals surface area contributed by atoms with Crippen LogP contribution in [0.4, 0.5) is 13.2 Å². The van der Waals surface area contributed by atoms with Gasteiger partial charge in [0.05, 0.1) is 11.1 Å². The Labute approximate surface area is 214 Å². The largest absolute Gasteiger partial charge is 0.573 e. The van der Waals surface area contributed by atoms with Crippen molar-refractivity contribution in [1.29, 1.82) is 0 Å². The smallest absolute Gasteiger partial charge is 0.478 e. The summed E-state index contributed by atoms with van der Waals surface area (Å²) >= 11 is 5.84. The van der Waals surface area contributed by atoms with Gasteiger partial charge in [-0.1, -0.05) is 17.7 Å². The van der Waals surface area contributed by atoms with Crippen molar-refractivity contribution in [2.45, 2.75) is 32.7 Å². The first-order valence-corrected chi connectivity index (χ1v) is 11.2. The third-order valence-electron chi connectivity index (χ3n) is 5.59. The second kappa shape index (κ2) is 9.44. The molecular weight excluding hydrogens is 513 g/mol. The number of rotatable bonds is 7. The van der Waals surface area contributed by atoms with Crippen LogP contribution >= 0.6 is 11.6 Å². The molecule has 2 aromatic carbocycles. The Morgan fingerprint density at radius 1 is 1.00 bits per heavy atom. The van der Waals surface area contributed by atoms with E-state index < -0.39 is 29.5 Å². The van der Waals surface area contributed by atoms with Crippen LogP contribution in [0.15, 0.2) is 60.8 Å². The zero-order valence-corrected chi connectivity index (χ0v) is 20.5. The molecule has 7 nitrogen and oxygen atoms in total. The van der Waals surface area contributed by atoms with Crippen LogP contribution < -0.4 is 9.47 Å². The molecule has 4 aromatic rings. The Bertz CT molecular complexity index is 1510. The molecule has 4 rings (SSSR count). The number of carboxylic acids is 1. The number of nitrogens with zero attached hydrogens (tertiary/aromatic N) is 2. The summed E-state index contributed by atoms with van der Waals surface area (Å²) in [7, 11) is 0. The molecule has 37 heavy (non-hydrogen) atoms. The summed E-state index contributed by atoms with van der Waals surface area (Å²) in [6, 6.07) is 13.0. The number of ether oxygens (including phenoxy) is 2. The van der Waals surface area contributed by atoms with Crippen molar-refractivity contribution >= 4 is 34.3 Å². The number of aliphatic carboxylic acids is 1. The fraction of sp³-hybridized carbons (Fsp3) is 0.192. The molecule has 0 aliphatic carbocycles. The van der Waals surface area contributed by atoms with Gasteiger partial charge in [0, 0.05) is 40.7 Å². The molecule has 0 atom stereocenters. The molecule has 2 heterocycles. The van der Waals surface area contributed by atoms with Crippen LogP contribution in [0.2, 0.25) is 5.15 Å². The molecule has 1 N–H and O–H groups in total. The Kier molecular flexibility index (Phi) is 6.64. The van der Waals surface area contributed by atoms with Crippen molar-refractivity contribution in [2.24, 2.45) is 0 Å². The van der Waals surface area contributed by atoms with E-state index in [4.69, 9.17) is 16.3 Å². The zero-order valence-electron chi connectivity index (χ0n) is 19.8. The molecule has 0 aliphatic heterocycles. The maximum absolute atomic E-state index is 13.5. The summed E-state index contributed by atoms with van der Waals surface area (Å²) in [6.07, 6.45) is -3.60. The van der Waals surface area contributed by atoms with Crippen molar-refractivity contribution in [2.75, 3.05) is 0 Å². The minimum atomic E-state index is -4.91. The van der Waals surface area contributed by atoms with E-state index in [2.05, 4.69) is 9.72 Å². The number of halogens is 4. The number of fused-ring (bicyclic) bond motifs is 1. The van der Waals surface area contributed by atoms with E-state index in [0.717, 1.165) is 6.07 Å². The number of benzene rings is 2. The fourth-order valence-corrected chi connectivity index (χ4v) is 4.00. The molecule has 2 aromatic heterocycles. The first kappa shape index (κ1) is 26.0. The van der Waals surface area contributed by atoms with E-state index in [9.17, 15) is 27.9 Å². The maximum Gasteiger partial charge on any atom is 0.573 e. The quantitative estimate of drug-likeness (QED) is 0.220. The molecule has 0 fully saturated rings. The summed E-state index contributed by atoms with van der Waals surface area (Å²) in [5.74, 6) is -1.85. The van der Waals surface area contributed by atoms with Gasteiger partial charge in [0.25, 0.3) is 0 Å². The van der Waals surface area contributed by atoms with Crippen molar-refractivity contribution < 1.29 is 37.3 Å². The fourth-order valence-electron chi connectivity index (χ4n) is 3.89. The lowest BCUT2D eigenvalue weighted by atomic mass is 10.0. The lowest BCUT2D eigenvalue weighted by molar-refractivity contribution is -0.274. The summed E-state index contributed by atoms with van der Waals surface area (Å²) < 4.78 is 50.1. The van der Waals surface area contributed by atoms with Gasteiger partial charge in [0.2, 0.25) is 0 Å². The normalized spacial score (nSPS) is 12.0. The second-order valence-corrected chi connectivity index (χ2v) is 9.02. The first-order valence-electron chi connectivity index (χ1n) is 10.9. The molecule has 192 valence electrons. The van der Waals surface area contributed by atoms with Gasteiger partial charge < -0.3 is 19.1 Å². The summed E-state index contributed by atoms with van der Waals surface area (Å²) in [5, 5.41) is 9.98. The number of hydrogen-bond donors (Lipinski definition) is 1. The Morgan fingerprint density at radius 3 is 2.32 bits per heavy atom. The summed E-state index contributed by atoms with van der Waals surface area (Å²) in [4.78, 5) is 28.9. The van der Waals surface area contributed by atoms with Gasteiger partial charge >= 0.3 is 12.3 Å². The summed E-state index contributed by atoms with van der Waals surface area (Å²) in [6.45, 7) is 4.42. The molecule has 0 saturated heterocycles. The zero-order chi connectivity index (χ0) is 27.1. The highest BCUT2D eigenvalue weighted by molar-refractivity contribution is 6.29. The predicted octanol–water partition coefficient (Wildman–Crippen LogP) is 6.36. The van der Waals surface area contributed by atoms with Gasteiger partial charge in [-0.3, -0.25) is 4.79 Å². The number of aromatic nitrogens is 2. The number of ketones is 1. The van der Waals surface area contributed by atoms with Crippen molar-refractivity contribution in [3.05, 3.63) is 82.8 Å². The lowest BCUT2D eigenvalue weighted by Crippen LogP contribution is -2.37. The van der Waals surface area contributed by atoms with Crippen LogP contribution in [0.25, 0.3) is 16.6 Å². The standard InChI is InChI=1S/C26H20ClF3N2O5/c1-14-22(23(33)15-7-10-21(27)31-13-15)19-9-8-18(37-26(28,29)30)12-20(19)32(14)16-5-4-6-17(11-16)36-25(2,3)24(34)35/h4-13H,1-3H3,(H,34,35). The van der Waals surface area contributed by atoms with Crippen LogP contribution in [-0.4, -0.2) is 38.4 Å². The Morgan fingerprint density at radius 2 is 1.70 bits per heavy atom. The molecule has 0 radical (unpaired) electrons. The van der Waals surface area contributed by atoms with E-state index in [1.54, 1.807) is 29.7 Å². The third kappa shape index (κ3) is 5.39. The topological polar surface area (TPSA) is 90.6 Å². The third-order valence-corrected chi connectivity index (χ3v) is 5.81. The highest BCUT2D eigenvalue weighted by atomic mass is 35.5. The molecule has 0 spiro atoms. The number of hydrogen-bond acceptors (Lipinski definition) is 5. The van der Waals surface area contributed by atoms with Crippen LogP contribution in [0.3, 0.4) is 0 Å². The number of carbonyl (C=O) groups excluding carboxylic acids is 1. The van der Waals surface area contributed by atoms with E-state index in [1.807, 2.05) is 0 Å². The average Bonchev–Trinajstić information content (AvgIpc) is 3.08. The number of alkyl halides is 3. The summed E-state index contributed by atoms with van der Waals surface area (Å²) in [5.41, 5.74) is 0.0620.